The van der Waals surface area contributed by atoms with E-state index in [2.05, 4.69) is 9.88 Å². The molecule has 3 saturated heterocycles. The summed E-state index contributed by atoms with van der Waals surface area (Å²) in [7, 11) is 0. The highest BCUT2D eigenvalue weighted by Gasteiger charge is 2.44. The Labute approximate surface area is 171 Å². The minimum absolute atomic E-state index is 0.0718. The van der Waals surface area contributed by atoms with Crippen LogP contribution in [0.1, 0.15) is 29.6 Å². The highest BCUT2D eigenvalue weighted by atomic mass is 16.5. The number of ether oxygens (including phenoxy) is 2. The molecule has 29 heavy (non-hydrogen) atoms. The summed E-state index contributed by atoms with van der Waals surface area (Å²) in [5.41, 5.74) is 1.42. The van der Waals surface area contributed by atoms with Gasteiger partial charge in [-0.25, -0.2) is 0 Å². The Morgan fingerprint density at radius 1 is 1.21 bits per heavy atom. The summed E-state index contributed by atoms with van der Waals surface area (Å²) in [5, 5.41) is 1.01. The number of carbonyl (C=O) groups excluding carboxylic acids is 1. The van der Waals surface area contributed by atoms with Crippen LogP contribution in [0.2, 0.25) is 0 Å². The van der Waals surface area contributed by atoms with Crippen LogP contribution in [0.15, 0.2) is 36.5 Å². The summed E-state index contributed by atoms with van der Waals surface area (Å²) in [6.07, 6.45) is 4.80. The van der Waals surface area contributed by atoms with Gasteiger partial charge in [-0.3, -0.25) is 14.7 Å². The molecule has 3 fully saturated rings. The van der Waals surface area contributed by atoms with Crippen LogP contribution in [0.25, 0.3) is 10.9 Å². The number of fused-ring (bicyclic) bond motifs is 1. The second-order valence-electron chi connectivity index (χ2n) is 8.72. The number of benzene rings is 1. The van der Waals surface area contributed by atoms with Gasteiger partial charge >= 0.3 is 0 Å². The van der Waals surface area contributed by atoms with Crippen molar-refractivity contribution in [3.8, 4) is 0 Å². The third-order valence-electron chi connectivity index (χ3n) is 6.57. The maximum atomic E-state index is 13.2. The topological polar surface area (TPSA) is 54.9 Å². The lowest BCUT2D eigenvalue weighted by Crippen LogP contribution is -2.50. The number of likely N-dealkylation sites (tertiary alicyclic amines) is 1. The molecule has 6 nitrogen and oxygen atoms in total. The highest BCUT2D eigenvalue weighted by Crippen LogP contribution is 2.38. The summed E-state index contributed by atoms with van der Waals surface area (Å²) < 4.78 is 11.8. The summed E-state index contributed by atoms with van der Waals surface area (Å²) in [6, 6.07) is 9.89. The van der Waals surface area contributed by atoms with Gasteiger partial charge in [0.15, 0.2) is 0 Å². The van der Waals surface area contributed by atoms with Gasteiger partial charge in [0.2, 0.25) is 0 Å². The predicted octanol–water partition coefficient (Wildman–Crippen LogP) is 2.58. The molecule has 2 aromatic rings. The van der Waals surface area contributed by atoms with Crippen LogP contribution in [0.3, 0.4) is 0 Å². The minimum Gasteiger partial charge on any atom is -0.379 e. The van der Waals surface area contributed by atoms with Gasteiger partial charge in [0.1, 0.15) is 0 Å². The van der Waals surface area contributed by atoms with E-state index in [4.69, 9.17) is 9.47 Å². The number of nitrogens with zero attached hydrogens (tertiary/aromatic N) is 3. The molecule has 5 rings (SSSR count). The Morgan fingerprint density at radius 3 is 2.97 bits per heavy atom. The number of piperidine rings is 1. The molecule has 3 aliphatic heterocycles. The number of amides is 1. The minimum atomic E-state index is -0.171. The predicted molar refractivity (Wildman–Crippen MR) is 111 cm³/mol. The molecule has 154 valence electrons. The fourth-order valence-electron chi connectivity index (χ4n) is 5.13. The normalized spacial score (nSPS) is 28.3. The smallest absolute Gasteiger partial charge is 0.255 e. The lowest BCUT2D eigenvalue weighted by atomic mass is 9.86. The first kappa shape index (κ1) is 19.0. The standard InChI is InChI=1S/C23H29N3O3/c27-22(20-12-19-4-1-2-5-21(19)24-14-20)26-7-3-6-23(17-26)13-18(16-29-23)15-25-8-10-28-11-9-25/h1-2,4-5,12,14,18H,3,6-11,13,15-17H2/t18-,23-/m1/s1. The molecule has 1 spiro atoms. The molecule has 2 atom stereocenters. The van der Waals surface area contributed by atoms with Crippen LogP contribution < -0.4 is 0 Å². The largest absolute Gasteiger partial charge is 0.379 e. The van der Waals surface area contributed by atoms with Gasteiger partial charge in [-0.15, -0.1) is 0 Å². The van der Waals surface area contributed by atoms with Gasteiger partial charge in [-0.1, -0.05) is 18.2 Å². The van der Waals surface area contributed by atoms with E-state index < -0.39 is 0 Å². The van der Waals surface area contributed by atoms with Crippen LogP contribution >= 0.6 is 0 Å². The molecule has 0 saturated carbocycles. The zero-order chi connectivity index (χ0) is 19.7. The van der Waals surface area contributed by atoms with E-state index in [1.807, 2.05) is 35.2 Å². The third kappa shape index (κ3) is 4.02. The van der Waals surface area contributed by atoms with Gasteiger partial charge in [0.25, 0.3) is 5.91 Å². The van der Waals surface area contributed by atoms with E-state index in [1.54, 1.807) is 6.20 Å². The van der Waals surface area contributed by atoms with Crippen molar-refractivity contribution in [1.82, 2.24) is 14.8 Å². The van der Waals surface area contributed by atoms with Crippen LogP contribution in [-0.4, -0.2) is 78.8 Å². The number of pyridine rings is 1. The summed E-state index contributed by atoms with van der Waals surface area (Å²) in [4.78, 5) is 22.1. The summed E-state index contributed by atoms with van der Waals surface area (Å²) >= 11 is 0. The maximum absolute atomic E-state index is 13.2. The Bertz CT molecular complexity index is 883. The molecule has 0 bridgehead atoms. The van der Waals surface area contributed by atoms with Crippen LogP contribution in [-0.2, 0) is 9.47 Å². The number of para-hydroxylation sites is 1. The molecule has 1 aromatic carbocycles. The van der Waals surface area contributed by atoms with Gasteiger partial charge in [-0.05, 0) is 37.3 Å². The molecule has 0 aliphatic carbocycles. The second kappa shape index (κ2) is 8.01. The van der Waals surface area contributed by atoms with Gasteiger partial charge in [-0.2, -0.15) is 0 Å². The first-order valence-electron chi connectivity index (χ1n) is 10.8. The van der Waals surface area contributed by atoms with E-state index in [9.17, 15) is 4.79 Å². The fraction of sp³-hybridized carbons (Fsp3) is 0.565. The van der Waals surface area contributed by atoms with Crippen molar-refractivity contribution in [2.45, 2.75) is 24.9 Å². The average molecular weight is 396 g/mol. The molecule has 0 radical (unpaired) electrons. The Kier molecular flexibility index (Phi) is 5.24. The lowest BCUT2D eigenvalue weighted by Gasteiger charge is -2.40. The molecule has 6 heteroatoms. The summed E-state index contributed by atoms with van der Waals surface area (Å²) in [5.74, 6) is 0.619. The average Bonchev–Trinajstić information content (AvgIpc) is 3.15. The van der Waals surface area contributed by atoms with Crippen molar-refractivity contribution < 1.29 is 14.3 Å². The van der Waals surface area contributed by atoms with Gasteiger partial charge in [0, 0.05) is 44.3 Å². The Balaban J connectivity index is 1.25. The monoisotopic (exact) mass is 395 g/mol. The number of rotatable bonds is 3. The second-order valence-corrected chi connectivity index (χ2v) is 8.72. The number of morpholine rings is 1. The number of carbonyl (C=O) groups is 1. The number of hydrogen-bond donors (Lipinski definition) is 0. The third-order valence-corrected chi connectivity index (χ3v) is 6.57. The Hall–Kier alpha value is -2.02. The zero-order valence-corrected chi connectivity index (χ0v) is 16.9. The van der Waals surface area contributed by atoms with Crippen molar-refractivity contribution in [1.29, 1.82) is 0 Å². The SMILES string of the molecule is O=C(c1cnc2ccccc2c1)N1CCC[C@@]2(C[C@H](CN3CCOCC3)CO2)C1. The van der Waals surface area contributed by atoms with Crippen LogP contribution in [0.5, 0.6) is 0 Å². The van der Waals surface area contributed by atoms with Gasteiger partial charge < -0.3 is 14.4 Å². The summed E-state index contributed by atoms with van der Waals surface area (Å²) in [6.45, 7) is 7.07. The van der Waals surface area contributed by atoms with E-state index in [0.29, 0.717) is 18.0 Å². The maximum Gasteiger partial charge on any atom is 0.255 e. The molecular weight excluding hydrogens is 366 g/mol. The highest BCUT2D eigenvalue weighted by molar-refractivity contribution is 5.97. The van der Waals surface area contributed by atoms with Crippen molar-refractivity contribution in [3.05, 3.63) is 42.1 Å². The van der Waals surface area contributed by atoms with Crippen LogP contribution in [0.4, 0.5) is 0 Å². The number of hydrogen-bond acceptors (Lipinski definition) is 5. The lowest BCUT2D eigenvalue weighted by molar-refractivity contribution is -0.0451. The Morgan fingerprint density at radius 2 is 2.07 bits per heavy atom. The van der Waals surface area contributed by atoms with Gasteiger partial charge in [0.05, 0.1) is 36.5 Å². The molecule has 1 amide bonds. The first-order chi connectivity index (χ1) is 14.2. The van der Waals surface area contributed by atoms with E-state index >= 15 is 0 Å². The van der Waals surface area contributed by atoms with E-state index in [0.717, 1.165) is 76.2 Å². The molecular formula is C23H29N3O3. The number of aromatic nitrogens is 1. The quantitative estimate of drug-likeness (QED) is 0.800. The van der Waals surface area contributed by atoms with Crippen molar-refractivity contribution in [3.63, 3.8) is 0 Å². The fourth-order valence-corrected chi connectivity index (χ4v) is 5.13. The van der Waals surface area contributed by atoms with Crippen molar-refractivity contribution >= 4 is 16.8 Å². The molecule has 4 heterocycles. The molecule has 0 unspecified atom stereocenters. The van der Waals surface area contributed by atoms with E-state index in [1.165, 1.54) is 0 Å². The molecule has 0 N–H and O–H groups in total. The zero-order valence-electron chi connectivity index (χ0n) is 16.9. The molecule has 1 aromatic heterocycles. The van der Waals surface area contributed by atoms with Crippen molar-refractivity contribution in [2.24, 2.45) is 5.92 Å². The van der Waals surface area contributed by atoms with Crippen LogP contribution in [0, 0.1) is 5.92 Å². The first-order valence-corrected chi connectivity index (χ1v) is 10.8. The van der Waals surface area contributed by atoms with E-state index in [-0.39, 0.29) is 11.5 Å². The molecule has 3 aliphatic rings. The van der Waals surface area contributed by atoms with Crippen molar-refractivity contribution in [2.75, 3.05) is 52.5 Å².